The van der Waals surface area contributed by atoms with E-state index in [0.717, 1.165) is 10.6 Å². The van der Waals surface area contributed by atoms with Gasteiger partial charge in [0.25, 0.3) is 0 Å². The second-order valence-corrected chi connectivity index (χ2v) is 6.31. The lowest BCUT2D eigenvalue weighted by atomic mass is 10.0. The lowest BCUT2D eigenvalue weighted by Crippen LogP contribution is -2.45. The number of β-amino-alcohol motifs (C(OH)–C–C–N with tert-alkyl or cyclic N) is 1. The maximum Gasteiger partial charge on any atom is 0.124 e. The van der Waals surface area contributed by atoms with E-state index in [1.54, 1.807) is 12.1 Å². The number of hydroxylamine groups is 1. The molecule has 1 atom stereocenters. The van der Waals surface area contributed by atoms with E-state index in [1.807, 2.05) is 19.9 Å². The normalized spacial score (nSPS) is 15.8. The van der Waals surface area contributed by atoms with Gasteiger partial charge in [0.1, 0.15) is 18.5 Å². The summed E-state index contributed by atoms with van der Waals surface area (Å²) in [6.07, 6.45) is 0.637. The van der Waals surface area contributed by atoms with Gasteiger partial charge in [-0.25, -0.2) is 0 Å². The van der Waals surface area contributed by atoms with Gasteiger partial charge in [-0.15, -0.1) is 0 Å². The maximum absolute atomic E-state index is 11.6. The first-order chi connectivity index (χ1) is 10.4. The van der Waals surface area contributed by atoms with Crippen LogP contribution in [0.5, 0.6) is 5.75 Å². The van der Waals surface area contributed by atoms with Crippen LogP contribution in [0.3, 0.4) is 0 Å². The van der Waals surface area contributed by atoms with Crippen LogP contribution in [0.4, 0.5) is 5.69 Å². The molecule has 1 aliphatic heterocycles. The number of aliphatic hydroxyl groups excluding tert-OH is 2. The topological polar surface area (TPSA) is 88.0 Å². The van der Waals surface area contributed by atoms with E-state index in [2.05, 4.69) is 5.32 Å². The van der Waals surface area contributed by atoms with Crippen molar-refractivity contribution in [2.45, 2.75) is 38.3 Å². The number of anilines is 1. The van der Waals surface area contributed by atoms with Gasteiger partial charge in [0.05, 0.1) is 0 Å². The van der Waals surface area contributed by atoms with Crippen molar-refractivity contribution in [3.63, 3.8) is 0 Å². The fraction of sp³-hybridized carbons (Fsp3) is 0.625. The Kier molecular flexibility index (Phi) is 5.63. The molecule has 1 aromatic rings. The summed E-state index contributed by atoms with van der Waals surface area (Å²) in [6.45, 7) is 5.06. The summed E-state index contributed by atoms with van der Waals surface area (Å²) in [6, 6.07) is 5.41. The summed E-state index contributed by atoms with van der Waals surface area (Å²) in [5.74, 6) is 0.671. The van der Waals surface area contributed by atoms with Crippen molar-refractivity contribution in [1.82, 2.24) is 5.32 Å². The summed E-state index contributed by atoms with van der Waals surface area (Å²) >= 11 is 0. The predicted molar refractivity (Wildman–Crippen MR) is 86.1 cm³/mol. The first-order valence-corrected chi connectivity index (χ1v) is 7.66. The third-order valence-electron chi connectivity index (χ3n) is 3.93. The molecule has 0 radical (unpaired) electrons. The number of fused-ring (bicyclic) bond motifs is 1. The van der Waals surface area contributed by atoms with Crippen LogP contribution < -0.4 is 15.1 Å². The lowest BCUT2D eigenvalue weighted by molar-refractivity contribution is 0.0956. The van der Waals surface area contributed by atoms with Gasteiger partial charge in [0.2, 0.25) is 0 Å². The van der Waals surface area contributed by atoms with Crippen molar-refractivity contribution in [3.8, 4) is 5.75 Å². The minimum atomic E-state index is -0.654. The number of rotatable bonds is 8. The molecule has 0 aliphatic carbocycles. The largest absolute Gasteiger partial charge is 0.758 e. The van der Waals surface area contributed by atoms with Crippen LogP contribution in [0.25, 0.3) is 0 Å². The van der Waals surface area contributed by atoms with E-state index < -0.39 is 6.10 Å². The molecule has 0 spiro atoms. The Morgan fingerprint density at radius 2 is 2.23 bits per heavy atom. The third kappa shape index (κ3) is 4.33. The molecule has 2 rings (SSSR count). The quantitative estimate of drug-likeness (QED) is 0.665. The number of aliphatic hydroxyl groups is 2. The zero-order valence-electron chi connectivity index (χ0n) is 13.2. The highest BCUT2D eigenvalue weighted by atomic mass is 16.5. The smallest absolute Gasteiger partial charge is 0.124 e. The van der Waals surface area contributed by atoms with Crippen LogP contribution >= 0.6 is 0 Å². The maximum atomic E-state index is 11.6. The zero-order valence-corrected chi connectivity index (χ0v) is 13.2. The van der Waals surface area contributed by atoms with Crippen LogP contribution in [0.15, 0.2) is 18.2 Å². The summed E-state index contributed by atoms with van der Waals surface area (Å²) in [5, 5.41) is 34.8. The Balaban J connectivity index is 1.84. The summed E-state index contributed by atoms with van der Waals surface area (Å²) < 4.78 is 5.68. The van der Waals surface area contributed by atoms with E-state index in [1.165, 1.54) is 0 Å². The molecule has 6 heteroatoms. The molecule has 22 heavy (non-hydrogen) atoms. The van der Waals surface area contributed by atoms with Crippen molar-refractivity contribution in [2.75, 3.05) is 31.4 Å². The van der Waals surface area contributed by atoms with Gasteiger partial charge in [-0.3, -0.25) is 0 Å². The Morgan fingerprint density at radius 1 is 1.45 bits per heavy atom. The van der Waals surface area contributed by atoms with Crippen molar-refractivity contribution in [3.05, 3.63) is 29.0 Å². The van der Waals surface area contributed by atoms with E-state index in [0.29, 0.717) is 37.4 Å². The Hall–Kier alpha value is -1.34. The minimum Gasteiger partial charge on any atom is -0.758 e. The minimum absolute atomic E-state index is 0.106. The van der Waals surface area contributed by atoms with Crippen molar-refractivity contribution >= 4 is 5.69 Å². The molecule has 6 nitrogen and oxygen atoms in total. The van der Waals surface area contributed by atoms with E-state index in [4.69, 9.17) is 9.84 Å². The molecular formula is C16H25N2O4-. The van der Waals surface area contributed by atoms with Gasteiger partial charge >= 0.3 is 0 Å². The van der Waals surface area contributed by atoms with Gasteiger partial charge in [-0.05, 0) is 38.8 Å². The first kappa shape index (κ1) is 17.0. The second-order valence-electron chi connectivity index (χ2n) is 6.31. The number of nitrogens with zero attached hydrogens (tertiary/aromatic N) is 1. The summed E-state index contributed by atoms with van der Waals surface area (Å²) in [7, 11) is 0. The van der Waals surface area contributed by atoms with Gasteiger partial charge in [-0.1, -0.05) is 6.07 Å². The summed E-state index contributed by atoms with van der Waals surface area (Å²) in [5.41, 5.74) is 1.35. The molecule has 1 unspecified atom stereocenters. The highest BCUT2D eigenvalue weighted by molar-refractivity contribution is 5.63. The standard InChI is InChI=1S/C16H25N2O4/c1-16(2,7-9-19)17-10-12(20)11-22-15-5-3-4-14-13(15)6-8-18(14)21/h3-5,12,17,19-20H,6-11H2,1-2H3/q-1. The molecule has 0 bridgehead atoms. The van der Waals surface area contributed by atoms with Gasteiger partial charge in [0.15, 0.2) is 0 Å². The number of hydrogen-bond donors (Lipinski definition) is 3. The van der Waals surface area contributed by atoms with Crippen molar-refractivity contribution < 1.29 is 14.9 Å². The van der Waals surface area contributed by atoms with Crippen LogP contribution in [-0.4, -0.2) is 48.2 Å². The highest BCUT2D eigenvalue weighted by Crippen LogP contribution is 2.34. The number of ether oxygens (including phenoxy) is 1. The fourth-order valence-electron chi connectivity index (χ4n) is 2.51. The first-order valence-electron chi connectivity index (χ1n) is 7.66. The van der Waals surface area contributed by atoms with E-state index in [9.17, 15) is 10.3 Å². The van der Waals surface area contributed by atoms with E-state index in [-0.39, 0.29) is 18.8 Å². The highest BCUT2D eigenvalue weighted by Gasteiger charge is 2.20. The van der Waals surface area contributed by atoms with Gasteiger partial charge in [-0.2, -0.15) is 0 Å². The second kappa shape index (κ2) is 7.28. The van der Waals surface area contributed by atoms with Crippen molar-refractivity contribution in [1.29, 1.82) is 0 Å². The predicted octanol–water partition coefficient (Wildman–Crippen LogP) is 1.04. The van der Waals surface area contributed by atoms with Gasteiger partial charge < -0.3 is 30.5 Å². The van der Waals surface area contributed by atoms with Crippen LogP contribution in [0.1, 0.15) is 25.8 Å². The molecule has 0 fully saturated rings. The number of benzene rings is 1. The molecule has 0 amide bonds. The Morgan fingerprint density at radius 3 is 2.95 bits per heavy atom. The molecule has 0 saturated heterocycles. The van der Waals surface area contributed by atoms with Gasteiger partial charge in [0, 0.05) is 36.5 Å². The van der Waals surface area contributed by atoms with Crippen LogP contribution in [0, 0.1) is 5.21 Å². The molecule has 1 heterocycles. The number of nitrogens with one attached hydrogen (secondary N) is 1. The third-order valence-corrected chi connectivity index (χ3v) is 3.93. The van der Waals surface area contributed by atoms with Crippen molar-refractivity contribution in [2.24, 2.45) is 0 Å². The molecule has 3 N–H and O–H groups in total. The lowest BCUT2D eigenvalue weighted by Gasteiger charge is -2.27. The van der Waals surface area contributed by atoms with Crippen LogP contribution in [0.2, 0.25) is 0 Å². The number of hydrogen-bond acceptors (Lipinski definition) is 6. The van der Waals surface area contributed by atoms with Crippen LogP contribution in [-0.2, 0) is 6.42 Å². The summed E-state index contributed by atoms with van der Waals surface area (Å²) in [4.78, 5) is 0. The molecule has 124 valence electrons. The Labute approximate surface area is 131 Å². The molecule has 1 aliphatic rings. The fourth-order valence-corrected chi connectivity index (χ4v) is 2.51. The molecular weight excluding hydrogens is 284 g/mol. The average Bonchev–Trinajstić information content (AvgIpc) is 2.85. The molecule has 0 aromatic heterocycles. The average molecular weight is 309 g/mol. The Bertz CT molecular complexity index is 493. The molecule has 1 aromatic carbocycles. The van der Waals surface area contributed by atoms with E-state index >= 15 is 0 Å². The zero-order chi connectivity index (χ0) is 16.2. The SMILES string of the molecule is CC(C)(CCO)NCC(O)COc1cccc2c1CCN2[O-]. The molecule has 0 saturated carbocycles. The monoisotopic (exact) mass is 309 g/mol.